The number of anilines is 1. The standard InChI is InChI=1S/C21H24N2O2S/c1-15-6-9-20(16(2)11-15)22-21(24)14-23(12-18-5-4-10-25-18)13-19-8-7-17(3)26-19/h4-11H,12-14H2,1-3H3,(H,22,24). The molecule has 2 heterocycles. The van der Waals surface area contributed by atoms with Gasteiger partial charge in [-0.1, -0.05) is 17.7 Å². The molecule has 3 aromatic rings. The van der Waals surface area contributed by atoms with E-state index in [1.807, 2.05) is 38.1 Å². The van der Waals surface area contributed by atoms with E-state index in [4.69, 9.17) is 4.42 Å². The Morgan fingerprint density at radius 2 is 1.96 bits per heavy atom. The highest BCUT2D eigenvalue weighted by atomic mass is 32.1. The summed E-state index contributed by atoms with van der Waals surface area (Å²) in [5, 5.41) is 3.03. The first-order valence-corrected chi connectivity index (χ1v) is 9.48. The highest BCUT2D eigenvalue weighted by Gasteiger charge is 2.15. The van der Waals surface area contributed by atoms with Gasteiger partial charge in [-0.05, 0) is 56.7 Å². The summed E-state index contributed by atoms with van der Waals surface area (Å²) in [5.74, 6) is 0.842. The minimum absolute atomic E-state index is 0.0169. The topological polar surface area (TPSA) is 45.5 Å². The second kappa shape index (κ2) is 8.34. The molecule has 0 aliphatic carbocycles. The fourth-order valence-electron chi connectivity index (χ4n) is 2.93. The number of hydrogen-bond acceptors (Lipinski definition) is 4. The molecule has 0 radical (unpaired) electrons. The van der Waals surface area contributed by atoms with Crippen molar-refractivity contribution in [1.82, 2.24) is 4.90 Å². The largest absolute Gasteiger partial charge is 0.468 e. The highest BCUT2D eigenvalue weighted by Crippen LogP contribution is 2.19. The van der Waals surface area contributed by atoms with Gasteiger partial charge in [0.05, 0.1) is 19.4 Å². The number of nitrogens with zero attached hydrogens (tertiary/aromatic N) is 1. The summed E-state index contributed by atoms with van der Waals surface area (Å²) in [4.78, 5) is 17.2. The Kier molecular flexibility index (Phi) is 5.91. The van der Waals surface area contributed by atoms with Crippen LogP contribution < -0.4 is 5.32 Å². The predicted molar refractivity (Wildman–Crippen MR) is 106 cm³/mol. The van der Waals surface area contributed by atoms with Gasteiger partial charge in [-0.3, -0.25) is 9.69 Å². The first-order chi connectivity index (χ1) is 12.5. The van der Waals surface area contributed by atoms with Gasteiger partial charge >= 0.3 is 0 Å². The van der Waals surface area contributed by atoms with Crippen LogP contribution in [0.3, 0.4) is 0 Å². The lowest BCUT2D eigenvalue weighted by atomic mass is 10.1. The molecule has 0 unspecified atom stereocenters. The minimum Gasteiger partial charge on any atom is -0.468 e. The van der Waals surface area contributed by atoms with E-state index in [0.29, 0.717) is 13.1 Å². The Bertz CT molecular complexity index is 868. The van der Waals surface area contributed by atoms with Crippen molar-refractivity contribution in [2.24, 2.45) is 0 Å². The van der Waals surface area contributed by atoms with Crippen molar-refractivity contribution >= 4 is 22.9 Å². The Balaban J connectivity index is 1.68. The summed E-state index contributed by atoms with van der Waals surface area (Å²) < 4.78 is 5.47. The first-order valence-electron chi connectivity index (χ1n) is 8.67. The molecule has 0 saturated carbocycles. The van der Waals surface area contributed by atoms with Crippen molar-refractivity contribution in [3.8, 4) is 0 Å². The second-order valence-corrected chi connectivity index (χ2v) is 7.98. The van der Waals surface area contributed by atoms with Gasteiger partial charge in [0.15, 0.2) is 0 Å². The number of carbonyl (C=O) groups excluding carboxylic acids is 1. The van der Waals surface area contributed by atoms with E-state index >= 15 is 0 Å². The molecule has 0 bridgehead atoms. The van der Waals surface area contributed by atoms with E-state index in [2.05, 4.69) is 35.3 Å². The predicted octanol–water partition coefficient (Wildman–Crippen LogP) is 4.91. The average molecular weight is 369 g/mol. The van der Waals surface area contributed by atoms with Crippen LogP contribution in [0.5, 0.6) is 0 Å². The lowest BCUT2D eigenvalue weighted by Crippen LogP contribution is -2.32. The summed E-state index contributed by atoms with van der Waals surface area (Å²) in [5.41, 5.74) is 3.13. The van der Waals surface area contributed by atoms with Crippen LogP contribution in [0, 0.1) is 20.8 Å². The number of amides is 1. The molecule has 136 valence electrons. The summed E-state index contributed by atoms with van der Waals surface area (Å²) in [6, 6.07) is 14.1. The molecule has 0 saturated heterocycles. The Morgan fingerprint density at radius 1 is 1.12 bits per heavy atom. The maximum Gasteiger partial charge on any atom is 0.238 e. The fraction of sp³-hybridized carbons (Fsp3) is 0.286. The Hall–Kier alpha value is -2.37. The number of aryl methyl sites for hydroxylation is 3. The zero-order valence-corrected chi connectivity index (χ0v) is 16.2. The van der Waals surface area contributed by atoms with E-state index in [0.717, 1.165) is 23.6 Å². The van der Waals surface area contributed by atoms with Gasteiger partial charge in [0.2, 0.25) is 5.91 Å². The van der Waals surface area contributed by atoms with Gasteiger partial charge in [0, 0.05) is 22.0 Å². The van der Waals surface area contributed by atoms with Gasteiger partial charge in [-0.25, -0.2) is 0 Å². The van der Waals surface area contributed by atoms with Crippen molar-refractivity contribution < 1.29 is 9.21 Å². The molecule has 1 aromatic carbocycles. The van der Waals surface area contributed by atoms with E-state index in [1.54, 1.807) is 17.6 Å². The summed E-state index contributed by atoms with van der Waals surface area (Å²) in [6.07, 6.45) is 1.67. The van der Waals surface area contributed by atoms with Crippen molar-refractivity contribution in [2.75, 3.05) is 11.9 Å². The zero-order chi connectivity index (χ0) is 18.5. The fourth-order valence-corrected chi connectivity index (χ4v) is 3.86. The van der Waals surface area contributed by atoms with Crippen molar-refractivity contribution in [3.05, 3.63) is 75.4 Å². The van der Waals surface area contributed by atoms with Crippen LogP contribution >= 0.6 is 11.3 Å². The molecule has 2 aromatic heterocycles. The molecule has 4 nitrogen and oxygen atoms in total. The molecular formula is C21H24N2O2S. The van der Waals surface area contributed by atoms with Crippen molar-refractivity contribution in [3.63, 3.8) is 0 Å². The molecule has 26 heavy (non-hydrogen) atoms. The van der Waals surface area contributed by atoms with Crippen LogP contribution in [-0.2, 0) is 17.9 Å². The highest BCUT2D eigenvalue weighted by molar-refractivity contribution is 7.11. The molecule has 0 atom stereocenters. The SMILES string of the molecule is Cc1ccc(NC(=O)CN(Cc2ccco2)Cc2ccc(C)s2)c(C)c1. The smallest absolute Gasteiger partial charge is 0.238 e. The maximum absolute atomic E-state index is 12.6. The molecule has 1 N–H and O–H groups in total. The summed E-state index contributed by atoms with van der Waals surface area (Å²) in [6.45, 7) is 7.79. The number of hydrogen-bond donors (Lipinski definition) is 1. The molecule has 0 fully saturated rings. The first kappa shape index (κ1) is 18.4. The summed E-state index contributed by atoms with van der Waals surface area (Å²) >= 11 is 1.76. The van der Waals surface area contributed by atoms with Crippen LogP contribution in [0.2, 0.25) is 0 Å². The minimum atomic E-state index is -0.0169. The molecule has 0 aliphatic rings. The quantitative estimate of drug-likeness (QED) is 0.645. The van der Waals surface area contributed by atoms with E-state index in [-0.39, 0.29) is 5.91 Å². The van der Waals surface area contributed by atoms with Crippen LogP contribution in [0.15, 0.2) is 53.1 Å². The van der Waals surface area contributed by atoms with Crippen molar-refractivity contribution in [1.29, 1.82) is 0 Å². The number of nitrogens with one attached hydrogen (secondary N) is 1. The monoisotopic (exact) mass is 368 g/mol. The maximum atomic E-state index is 12.6. The lowest BCUT2D eigenvalue weighted by molar-refractivity contribution is -0.117. The normalized spacial score (nSPS) is 11.1. The summed E-state index contributed by atoms with van der Waals surface area (Å²) in [7, 11) is 0. The van der Waals surface area contributed by atoms with Crippen LogP contribution in [0.25, 0.3) is 0 Å². The van der Waals surface area contributed by atoms with E-state index < -0.39 is 0 Å². The third-order valence-electron chi connectivity index (χ3n) is 4.16. The van der Waals surface area contributed by atoms with Gasteiger partial charge in [0.1, 0.15) is 5.76 Å². The van der Waals surface area contributed by atoms with Crippen LogP contribution in [-0.4, -0.2) is 17.4 Å². The number of carbonyl (C=O) groups is 1. The van der Waals surface area contributed by atoms with E-state index in [1.165, 1.54) is 15.3 Å². The second-order valence-electron chi connectivity index (χ2n) is 6.60. The molecule has 5 heteroatoms. The van der Waals surface area contributed by atoms with Gasteiger partial charge in [0.25, 0.3) is 0 Å². The zero-order valence-electron chi connectivity index (χ0n) is 15.4. The molecule has 0 aliphatic heterocycles. The molecule has 1 amide bonds. The van der Waals surface area contributed by atoms with Gasteiger partial charge in [-0.15, -0.1) is 11.3 Å². The molecule has 0 spiro atoms. The van der Waals surface area contributed by atoms with Gasteiger partial charge < -0.3 is 9.73 Å². The van der Waals surface area contributed by atoms with Gasteiger partial charge in [-0.2, -0.15) is 0 Å². The number of thiophene rings is 1. The third kappa shape index (κ3) is 5.07. The third-order valence-corrected chi connectivity index (χ3v) is 5.14. The Morgan fingerprint density at radius 3 is 2.62 bits per heavy atom. The Labute approximate surface area is 158 Å². The lowest BCUT2D eigenvalue weighted by Gasteiger charge is -2.20. The average Bonchev–Trinajstić information content (AvgIpc) is 3.22. The molecular weight excluding hydrogens is 344 g/mol. The van der Waals surface area contributed by atoms with Crippen LogP contribution in [0.1, 0.15) is 26.6 Å². The van der Waals surface area contributed by atoms with Crippen LogP contribution in [0.4, 0.5) is 5.69 Å². The molecule has 3 rings (SSSR count). The number of rotatable bonds is 7. The number of furan rings is 1. The van der Waals surface area contributed by atoms with E-state index in [9.17, 15) is 4.79 Å². The van der Waals surface area contributed by atoms with Crippen molar-refractivity contribution in [2.45, 2.75) is 33.9 Å². The number of benzene rings is 1.